The number of hydrogen-bond acceptors (Lipinski definition) is 7. The van der Waals surface area contributed by atoms with Gasteiger partial charge in [-0.3, -0.25) is 19.3 Å². The lowest BCUT2D eigenvalue weighted by Crippen LogP contribution is -2.58. The maximum Gasteiger partial charge on any atom is 0.310 e. The standard InChI is InChI=1S/C27H35N3O7/c1-2-10-29(12-11-28-13-15-36-16-14-28)25(33)23-27-9-8-20(37-27)21(26(34)35)22(27)24(32)30(23)19(17-31)18-6-4-3-5-7-18/h2-7,19-23,31H,1,8-17H2,(H,34,35)/t19-,20+,21-,22-,23+,27-/m1/s1. The number of carbonyl (C=O) groups excluding carboxylic acids is 2. The summed E-state index contributed by atoms with van der Waals surface area (Å²) in [7, 11) is 0. The van der Waals surface area contributed by atoms with Crippen molar-refractivity contribution in [1.29, 1.82) is 0 Å². The first-order chi connectivity index (χ1) is 17.9. The van der Waals surface area contributed by atoms with E-state index in [0.717, 1.165) is 13.1 Å². The number of aliphatic hydroxyl groups is 1. The molecule has 0 aliphatic carbocycles. The maximum absolute atomic E-state index is 14.3. The Hall–Kier alpha value is -2.79. The molecule has 6 atom stereocenters. The van der Waals surface area contributed by atoms with E-state index in [1.807, 2.05) is 18.2 Å². The number of likely N-dealkylation sites (tertiary alicyclic amines) is 1. The Labute approximate surface area is 216 Å². The van der Waals surface area contributed by atoms with Gasteiger partial charge in [-0.25, -0.2) is 0 Å². The normalized spacial score (nSPS) is 31.8. The monoisotopic (exact) mass is 513 g/mol. The van der Waals surface area contributed by atoms with Crippen molar-refractivity contribution in [2.75, 3.05) is 52.5 Å². The van der Waals surface area contributed by atoms with E-state index < -0.39 is 54.1 Å². The van der Waals surface area contributed by atoms with Gasteiger partial charge in [0.25, 0.3) is 0 Å². The fraction of sp³-hybridized carbons (Fsp3) is 0.593. The number of benzene rings is 1. The fourth-order valence-electron chi connectivity index (χ4n) is 6.72. The summed E-state index contributed by atoms with van der Waals surface area (Å²) in [5.41, 5.74) is -0.555. The minimum Gasteiger partial charge on any atom is -0.481 e. The first-order valence-corrected chi connectivity index (χ1v) is 13.0. The van der Waals surface area contributed by atoms with Crippen LogP contribution in [0, 0.1) is 11.8 Å². The molecule has 0 unspecified atom stereocenters. The van der Waals surface area contributed by atoms with E-state index in [2.05, 4.69) is 11.5 Å². The van der Waals surface area contributed by atoms with Crippen LogP contribution in [-0.4, -0.2) is 113 Å². The van der Waals surface area contributed by atoms with Crippen molar-refractivity contribution in [2.45, 2.75) is 36.6 Å². The number of ether oxygens (including phenoxy) is 2. The van der Waals surface area contributed by atoms with Gasteiger partial charge < -0.3 is 29.5 Å². The number of nitrogens with zero attached hydrogens (tertiary/aromatic N) is 3. The SMILES string of the molecule is C=CCN(CCN1CCOCC1)C(=O)[C@@H]1N([C@H](CO)c2ccccc2)C(=O)[C@H]2[C@H](C(=O)O)[C@@H]3CC[C@]12O3. The molecule has 2 amide bonds. The van der Waals surface area contributed by atoms with Gasteiger partial charge in [0, 0.05) is 32.7 Å². The third-order valence-electron chi connectivity index (χ3n) is 8.40. The van der Waals surface area contributed by atoms with Crippen molar-refractivity contribution in [1.82, 2.24) is 14.7 Å². The predicted molar refractivity (Wildman–Crippen MR) is 132 cm³/mol. The summed E-state index contributed by atoms with van der Waals surface area (Å²) in [4.78, 5) is 46.0. The van der Waals surface area contributed by atoms with Crippen LogP contribution in [0.3, 0.4) is 0 Å². The summed E-state index contributed by atoms with van der Waals surface area (Å²) in [6, 6.07) is 7.21. The summed E-state index contributed by atoms with van der Waals surface area (Å²) >= 11 is 0. The molecule has 1 aromatic carbocycles. The second-order valence-electron chi connectivity index (χ2n) is 10.3. The van der Waals surface area contributed by atoms with Crippen LogP contribution in [0.25, 0.3) is 0 Å². The number of fused-ring (bicyclic) bond motifs is 1. The van der Waals surface area contributed by atoms with Gasteiger partial charge in [-0.15, -0.1) is 6.58 Å². The number of aliphatic carboxylic acids is 1. The van der Waals surface area contributed by atoms with E-state index >= 15 is 0 Å². The van der Waals surface area contributed by atoms with Gasteiger partial charge in [-0.1, -0.05) is 36.4 Å². The molecule has 2 N–H and O–H groups in total. The van der Waals surface area contributed by atoms with Crippen LogP contribution in [0.4, 0.5) is 0 Å². The van der Waals surface area contributed by atoms with Gasteiger partial charge >= 0.3 is 5.97 Å². The minimum atomic E-state index is -1.23. The van der Waals surface area contributed by atoms with E-state index in [4.69, 9.17) is 9.47 Å². The van der Waals surface area contributed by atoms with Crippen molar-refractivity contribution in [3.8, 4) is 0 Å². The molecule has 0 aromatic heterocycles. The number of aliphatic hydroxyl groups excluding tert-OH is 1. The lowest BCUT2D eigenvalue weighted by Gasteiger charge is -2.40. The van der Waals surface area contributed by atoms with Gasteiger partial charge in [-0.2, -0.15) is 0 Å². The Balaban J connectivity index is 1.52. The highest BCUT2D eigenvalue weighted by molar-refractivity contribution is 5.98. The zero-order valence-electron chi connectivity index (χ0n) is 20.9. The second kappa shape index (κ2) is 10.5. The number of morpholine rings is 1. The molecule has 5 rings (SSSR count). The van der Waals surface area contributed by atoms with Crippen LogP contribution < -0.4 is 0 Å². The van der Waals surface area contributed by atoms with Crippen molar-refractivity contribution >= 4 is 17.8 Å². The van der Waals surface area contributed by atoms with E-state index in [9.17, 15) is 24.6 Å². The Morgan fingerprint density at radius 1 is 1.24 bits per heavy atom. The van der Waals surface area contributed by atoms with Crippen LogP contribution in [0.2, 0.25) is 0 Å². The zero-order chi connectivity index (χ0) is 26.2. The molecule has 0 saturated carbocycles. The number of carboxylic acid groups (broad SMARTS) is 1. The van der Waals surface area contributed by atoms with E-state index in [0.29, 0.717) is 44.7 Å². The van der Waals surface area contributed by atoms with Crippen LogP contribution in [-0.2, 0) is 23.9 Å². The highest BCUT2D eigenvalue weighted by atomic mass is 16.5. The van der Waals surface area contributed by atoms with Gasteiger partial charge in [-0.05, 0) is 18.4 Å². The first-order valence-electron chi connectivity index (χ1n) is 13.0. The van der Waals surface area contributed by atoms with Crippen molar-refractivity contribution in [2.24, 2.45) is 11.8 Å². The van der Waals surface area contributed by atoms with Crippen molar-refractivity contribution in [3.63, 3.8) is 0 Å². The second-order valence-corrected chi connectivity index (χ2v) is 10.3. The largest absolute Gasteiger partial charge is 0.481 e. The third-order valence-corrected chi connectivity index (χ3v) is 8.40. The van der Waals surface area contributed by atoms with Crippen LogP contribution in [0.15, 0.2) is 43.0 Å². The van der Waals surface area contributed by atoms with E-state index in [1.165, 1.54) is 4.90 Å². The summed E-state index contributed by atoms with van der Waals surface area (Å²) in [5, 5.41) is 20.5. The number of carbonyl (C=O) groups is 3. The average Bonchev–Trinajstić information content (AvgIpc) is 3.56. The van der Waals surface area contributed by atoms with Gasteiger partial charge in [0.15, 0.2) is 0 Å². The smallest absolute Gasteiger partial charge is 0.310 e. The molecule has 10 heteroatoms. The number of rotatable bonds is 10. The molecule has 1 aromatic rings. The molecule has 37 heavy (non-hydrogen) atoms. The molecule has 1 spiro atoms. The van der Waals surface area contributed by atoms with Gasteiger partial charge in [0.05, 0.1) is 43.8 Å². The van der Waals surface area contributed by atoms with E-state index in [-0.39, 0.29) is 12.5 Å². The molecule has 4 saturated heterocycles. The maximum atomic E-state index is 14.3. The average molecular weight is 514 g/mol. The van der Waals surface area contributed by atoms with E-state index in [1.54, 1.807) is 23.1 Å². The molecule has 4 fully saturated rings. The van der Waals surface area contributed by atoms with Crippen LogP contribution >= 0.6 is 0 Å². The molecule has 2 bridgehead atoms. The molecular formula is C27H35N3O7. The number of carboxylic acids is 1. The number of amides is 2. The molecule has 4 heterocycles. The highest BCUT2D eigenvalue weighted by Gasteiger charge is 2.75. The Morgan fingerprint density at radius 3 is 2.62 bits per heavy atom. The Kier molecular flexibility index (Phi) is 7.35. The molecule has 200 valence electrons. The van der Waals surface area contributed by atoms with Crippen molar-refractivity contribution in [3.05, 3.63) is 48.6 Å². The molecular weight excluding hydrogens is 478 g/mol. The lowest BCUT2D eigenvalue weighted by atomic mass is 9.70. The van der Waals surface area contributed by atoms with Crippen LogP contribution in [0.1, 0.15) is 24.4 Å². The third kappa shape index (κ3) is 4.35. The lowest BCUT2D eigenvalue weighted by molar-refractivity contribution is -0.153. The van der Waals surface area contributed by atoms with Crippen molar-refractivity contribution < 1.29 is 34.1 Å². The Bertz CT molecular complexity index is 1030. The van der Waals surface area contributed by atoms with Gasteiger partial charge in [0.1, 0.15) is 11.6 Å². The summed E-state index contributed by atoms with van der Waals surface area (Å²) in [6.07, 6.45) is 1.95. The van der Waals surface area contributed by atoms with Crippen LogP contribution in [0.5, 0.6) is 0 Å². The highest BCUT2D eigenvalue weighted by Crippen LogP contribution is 2.59. The Morgan fingerprint density at radius 2 is 1.97 bits per heavy atom. The molecule has 0 radical (unpaired) electrons. The quantitative estimate of drug-likeness (QED) is 0.435. The minimum absolute atomic E-state index is 0.281. The fourth-order valence-corrected chi connectivity index (χ4v) is 6.72. The summed E-state index contributed by atoms with van der Waals surface area (Å²) in [6.45, 7) is 7.62. The summed E-state index contributed by atoms with van der Waals surface area (Å²) < 4.78 is 11.7. The van der Waals surface area contributed by atoms with Gasteiger partial charge in [0.2, 0.25) is 11.8 Å². The molecule has 4 aliphatic heterocycles. The molecule has 4 aliphatic rings. The topological polar surface area (TPSA) is 120 Å². The number of hydrogen-bond donors (Lipinski definition) is 2. The zero-order valence-corrected chi connectivity index (χ0v) is 20.9. The predicted octanol–water partition coefficient (Wildman–Crippen LogP) is 0.526. The first kappa shape index (κ1) is 25.8. The summed E-state index contributed by atoms with van der Waals surface area (Å²) in [5.74, 6) is -3.82. The molecule has 10 nitrogen and oxygen atoms in total.